The van der Waals surface area contributed by atoms with E-state index < -0.39 is 17.9 Å². The van der Waals surface area contributed by atoms with E-state index in [9.17, 15) is 24.3 Å². The summed E-state index contributed by atoms with van der Waals surface area (Å²) in [7, 11) is 0. The van der Waals surface area contributed by atoms with Crippen LogP contribution in [0.3, 0.4) is 0 Å². The van der Waals surface area contributed by atoms with Crippen LogP contribution in [-0.2, 0) is 30.3 Å². The van der Waals surface area contributed by atoms with E-state index in [0.717, 1.165) is 68.0 Å². The monoisotopic (exact) mass is 576 g/mol. The Bertz CT molecular complexity index is 1350. The van der Waals surface area contributed by atoms with Gasteiger partial charge in [-0.1, -0.05) is 32.0 Å². The zero-order valence-electron chi connectivity index (χ0n) is 24.8. The molecule has 2 aromatic rings. The molecule has 4 aliphatic rings. The number of hydrogen-bond acceptors (Lipinski definition) is 5. The number of hydrogen-bond donors (Lipinski definition) is 3. The van der Waals surface area contributed by atoms with Gasteiger partial charge in [-0.25, -0.2) is 4.79 Å². The number of carboxylic acids is 1. The number of benzene rings is 1. The van der Waals surface area contributed by atoms with Gasteiger partial charge < -0.3 is 20.1 Å². The molecule has 0 bridgehead atoms. The number of aliphatic carboxylic acids is 1. The van der Waals surface area contributed by atoms with E-state index in [0.29, 0.717) is 29.5 Å². The molecule has 1 amide bonds. The lowest BCUT2D eigenvalue weighted by molar-refractivity contribution is -0.164. The first-order valence-electron chi connectivity index (χ1n) is 15.9. The maximum absolute atomic E-state index is 12.9. The van der Waals surface area contributed by atoms with Gasteiger partial charge in [-0.2, -0.15) is 0 Å². The second kappa shape index (κ2) is 11.2. The van der Waals surface area contributed by atoms with E-state index in [1.807, 2.05) is 30.3 Å². The Labute approximate surface area is 247 Å². The second-order valence-corrected chi connectivity index (χ2v) is 14.0. The van der Waals surface area contributed by atoms with Crippen molar-refractivity contribution in [2.75, 3.05) is 0 Å². The molecule has 42 heavy (non-hydrogen) atoms. The number of amides is 1. The highest BCUT2D eigenvalue weighted by Gasteiger charge is 2.61. The molecule has 4 fully saturated rings. The van der Waals surface area contributed by atoms with Crippen LogP contribution in [0.15, 0.2) is 30.3 Å². The number of rotatable bonds is 8. The van der Waals surface area contributed by atoms with Crippen molar-refractivity contribution in [1.29, 1.82) is 0 Å². The minimum Gasteiger partial charge on any atom is -0.480 e. The molecule has 1 aromatic carbocycles. The minimum absolute atomic E-state index is 0.0548. The number of ether oxygens (including phenoxy) is 1. The highest BCUT2D eigenvalue weighted by molar-refractivity contribution is 5.86. The molecule has 8 heteroatoms. The summed E-state index contributed by atoms with van der Waals surface area (Å²) in [5.41, 5.74) is 1.83. The predicted molar refractivity (Wildman–Crippen MR) is 157 cm³/mol. The summed E-state index contributed by atoms with van der Waals surface area (Å²) in [5, 5.41) is 13.3. The Kier molecular flexibility index (Phi) is 7.69. The first kappa shape index (κ1) is 28.9. The average molecular weight is 577 g/mol. The van der Waals surface area contributed by atoms with E-state index in [-0.39, 0.29) is 42.2 Å². The zero-order chi connectivity index (χ0) is 29.6. The third kappa shape index (κ3) is 5.26. The van der Waals surface area contributed by atoms with Crippen molar-refractivity contribution in [3.8, 4) is 0 Å². The van der Waals surface area contributed by atoms with Crippen LogP contribution in [0, 0.1) is 34.5 Å². The number of carbonyl (C=O) groups excluding carboxylic acids is 3. The van der Waals surface area contributed by atoms with Crippen molar-refractivity contribution in [1.82, 2.24) is 10.3 Å². The van der Waals surface area contributed by atoms with Gasteiger partial charge in [0.1, 0.15) is 17.9 Å². The molecule has 3 N–H and O–H groups in total. The molecular weight excluding hydrogens is 532 g/mol. The minimum atomic E-state index is -1.12. The number of carbonyl (C=O) groups is 4. The van der Waals surface area contributed by atoms with Gasteiger partial charge in [0.05, 0.1) is 6.42 Å². The summed E-state index contributed by atoms with van der Waals surface area (Å²) in [6.45, 7) is 4.74. The Morgan fingerprint density at radius 1 is 1.02 bits per heavy atom. The molecule has 1 heterocycles. The molecule has 8 unspecified atom stereocenters. The van der Waals surface area contributed by atoms with Crippen molar-refractivity contribution >= 4 is 34.5 Å². The maximum atomic E-state index is 12.9. The number of ketones is 1. The van der Waals surface area contributed by atoms with Gasteiger partial charge in [0, 0.05) is 42.3 Å². The highest BCUT2D eigenvalue weighted by atomic mass is 16.5. The summed E-state index contributed by atoms with van der Waals surface area (Å²) in [5.74, 6) is 0.775. The zero-order valence-corrected chi connectivity index (χ0v) is 24.8. The van der Waals surface area contributed by atoms with Crippen LogP contribution in [0.1, 0.15) is 90.2 Å². The second-order valence-electron chi connectivity index (χ2n) is 14.0. The Balaban J connectivity index is 1.02. The first-order chi connectivity index (χ1) is 20.1. The molecule has 0 saturated heterocycles. The van der Waals surface area contributed by atoms with Crippen molar-refractivity contribution in [3.63, 3.8) is 0 Å². The molecule has 0 aliphatic heterocycles. The van der Waals surface area contributed by atoms with Crippen molar-refractivity contribution in [2.45, 2.75) is 103 Å². The van der Waals surface area contributed by atoms with Gasteiger partial charge in [0.15, 0.2) is 0 Å². The van der Waals surface area contributed by atoms with E-state index in [1.54, 1.807) is 0 Å². The van der Waals surface area contributed by atoms with E-state index >= 15 is 0 Å². The third-order valence-corrected chi connectivity index (χ3v) is 11.9. The number of Topliss-reactive ketones (excluding diaryl/α,β-unsaturated/α-hetero) is 1. The predicted octanol–water partition coefficient (Wildman–Crippen LogP) is 5.58. The number of H-pyrrole nitrogens is 1. The van der Waals surface area contributed by atoms with Gasteiger partial charge in [0.2, 0.25) is 5.91 Å². The number of fused-ring (bicyclic) bond motifs is 6. The van der Waals surface area contributed by atoms with E-state index in [4.69, 9.17) is 4.74 Å². The third-order valence-electron chi connectivity index (χ3n) is 11.9. The number of esters is 1. The van der Waals surface area contributed by atoms with Crippen LogP contribution in [0.4, 0.5) is 0 Å². The summed E-state index contributed by atoms with van der Waals surface area (Å²) in [6.07, 6.45) is 8.68. The van der Waals surface area contributed by atoms with Gasteiger partial charge in [0.25, 0.3) is 0 Å². The molecule has 226 valence electrons. The van der Waals surface area contributed by atoms with Crippen LogP contribution in [0.2, 0.25) is 0 Å². The fraction of sp³-hybridized carbons (Fsp3) is 0.647. The first-order valence-corrected chi connectivity index (χ1v) is 15.9. The fourth-order valence-electron chi connectivity index (χ4n) is 9.55. The van der Waals surface area contributed by atoms with Gasteiger partial charge in [-0.3, -0.25) is 14.4 Å². The largest absolute Gasteiger partial charge is 0.480 e. The number of carboxylic acid groups (broad SMARTS) is 1. The lowest BCUT2D eigenvalue weighted by Crippen LogP contribution is -2.54. The van der Waals surface area contributed by atoms with Crippen molar-refractivity contribution < 1.29 is 29.0 Å². The van der Waals surface area contributed by atoms with E-state index in [1.165, 1.54) is 6.42 Å². The van der Waals surface area contributed by atoms with Crippen LogP contribution in [0.25, 0.3) is 10.9 Å². The van der Waals surface area contributed by atoms with Crippen LogP contribution in [-0.4, -0.2) is 45.9 Å². The summed E-state index contributed by atoms with van der Waals surface area (Å²) >= 11 is 0. The molecule has 8 atom stereocenters. The molecule has 8 nitrogen and oxygen atoms in total. The fourth-order valence-corrected chi connectivity index (χ4v) is 9.55. The van der Waals surface area contributed by atoms with Gasteiger partial charge in [-0.15, -0.1) is 0 Å². The standard InChI is InChI=1S/C34H44N2O6/c1-33-15-13-23(37)18-21(33)7-8-24-25-9-10-29(34(25,2)16-14-26(24)33)42-31(39)12-11-30(38)36-28(32(40)41)19-22-17-20-5-3-4-6-27(20)35-22/h3-6,17,21,24-26,28-29,35H,7-16,18-19H2,1-2H3,(H,36,38)(H,40,41). The lowest BCUT2D eigenvalue weighted by atomic mass is 9.45. The molecule has 0 radical (unpaired) electrons. The quantitative estimate of drug-likeness (QED) is 0.352. The van der Waals surface area contributed by atoms with E-state index in [2.05, 4.69) is 24.1 Å². The maximum Gasteiger partial charge on any atom is 0.326 e. The number of aromatic nitrogens is 1. The topological polar surface area (TPSA) is 126 Å². The molecular formula is C34H44N2O6. The Morgan fingerprint density at radius 3 is 2.60 bits per heavy atom. The number of para-hydroxylation sites is 1. The summed E-state index contributed by atoms with van der Waals surface area (Å²) < 4.78 is 6.06. The molecule has 4 saturated carbocycles. The van der Waals surface area contributed by atoms with Gasteiger partial charge in [-0.05, 0) is 91.6 Å². The Hall–Kier alpha value is -3.16. The molecule has 4 aliphatic carbocycles. The number of nitrogens with one attached hydrogen (secondary N) is 2. The lowest BCUT2D eigenvalue weighted by Gasteiger charge is -2.60. The summed E-state index contributed by atoms with van der Waals surface area (Å²) in [6, 6.07) is 8.48. The normalized spacial score (nSPS) is 34.6. The Morgan fingerprint density at radius 2 is 1.81 bits per heavy atom. The van der Waals surface area contributed by atoms with Gasteiger partial charge >= 0.3 is 11.9 Å². The van der Waals surface area contributed by atoms with Crippen molar-refractivity contribution in [3.05, 3.63) is 36.0 Å². The van der Waals surface area contributed by atoms with Crippen molar-refractivity contribution in [2.24, 2.45) is 34.5 Å². The molecule has 6 rings (SSSR count). The van der Waals surface area contributed by atoms with Crippen LogP contribution >= 0.6 is 0 Å². The number of aromatic amines is 1. The van der Waals surface area contributed by atoms with Crippen LogP contribution in [0.5, 0.6) is 0 Å². The summed E-state index contributed by atoms with van der Waals surface area (Å²) in [4.78, 5) is 52.8. The smallest absolute Gasteiger partial charge is 0.326 e. The SMILES string of the molecule is CC12CCC(=O)CC1CCC1C2CCC2(C)C(OC(=O)CCC(=O)NC(Cc3cc4ccccc4[nH]3)C(=O)O)CCC12. The average Bonchev–Trinajstić information content (AvgIpc) is 3.52. The highest BCUT2D eigenvalue weighted by Crippen LogP contribution is 2.66. The van der Waals surface area contributed by atoms with Crippen LogP contribution < -0.4 is 5.32 Å². The molecule has 0 spiro atoms. The molecule has 1 aromatic heterocycles.